The number of amides is 1. The van der Waals surface area contributed by atoms with Gasteiger partial charge in [-0.15, -0.1) is 0 Å². The molecule has 1 amide bonds. The molecule has 1 unspecified atom stereocenters. The van der Waals surface area contributed by atoms with Crippen LogP contribution in [-0.2, 0) is 27.2 Å². The maximum absolute atomic E-state index is 14.0. The Bertz CT molecular complexity index is 1300. The van der Waals surface area contributed by atoms with Crippen molar-refractivity contribution in [1.82, 2.24) is 4.90 Å². The third-order valence-corrected chi connectivity index (χ3v) is 8.82. The fourth-order valence-electron chi connectivity index (χ4n) is 7.41. The zero-order valence-corrected chi connectivity index (χ0v) is 24.2. The van der Waals surface area contributed by atoms with E-state index in [4.69, 9.17) is 5.73 Å². The zero-order valence-electron chi connectivity index (χ0n) is 24.2. The number of aromatic hydroxyl groups is 1. The van der Waals surface area contributed by atoms with Gasteiger partial charge in [-0.3, -0.25) is 19.3 Å². The minimum Gasteiger partial charge on any atom is -0.508 e. The number of rotatable bonds is 8. The molecule has 9 heteroatoms. The summed E-state index contributed by atoms with van der Waals surface area (Å²) in [6, 6.07) is 2.30. The Labute approximate surface area is 235 Å². The third kappa shape index (κ3) is 4.73. The van der Waals surface area contributed by atoms with Gasteiger partial charge in [-0.25, -0.2) is 0 Å². The number of benzene rings is 1. The Morgan fingerprint density at radius 3 is 2.20 bits per heavy atom. The van der Waals surface area contributed by atoms with Gasteiger partial charge in [0, 0.05) is 11.5 Å². The van der Waals surface area contributed by atoms with Crippen molar-refractivity contribution in [2.24, 2.45) is 35.3 Å². The molecular weight excluding hydrogens is 512 g/mol. The Balaban J connectivity index is 1.87. The molecule has 0 saturated heterocycles. The van der Waals surface area contributed by atoms with Crippen molar-refractivity contribution in [1.29, 1.82) is 0 Å². The number of likely N-dealkylation sites (N-methyl/N-ethyl adjacent to an activating group) is 1. The third-order valence-electron chi connectivity index (χ3n) is 8.82. The van der Waals surface area contributed by atoms with Crippen molar-refractivity contribution >= 4 is 23.2 Å². The number of ketones is 2. The molecule has 4 atom stereocenters. The number of nitrogens with zero attached hydrogens (tertiary/aromatic N) is 1. The standard InChI is InChI=1S/C31H42N2O7/c1-14(2)9-16(10-15(3)4)11-17-7-8-21(34)23-19(17)12-18-13-20-25(33(5)6)27(36)24(30(32)39)29(38)31(20,40)28(37)22(18)26(23)35/h7-8,14-16,18,20,25,34-35,38,40H,9-13H2,1-6H3,(H2,32,39)/t18-,20-,25?,31-/m1/s1. The number of hydrogen-bond donors (Lipinski definition) is 5. The topological polar surface area (TPSA) is 161 Å². The molecule has 0 heterocycles. The van der Waals surface area contributed by atoms with Crippen LogP contribution in [0, 0.1) is 29.6 Å². The molecule has 0 bridgehead atoms. The first kappa shape index (κ1) is 29.8. The number of nitrogens with two attached hydrogens (primary N) is 1. The second kappa shape index (κ2) is 10.7. The zero-order chi connectivity index (χ0) is 29.8. The van der Waals surface area contributed by atoms with Crippen molar-refractivity contribution in [3.63, 3.8) is 0 Å². The fraction of sp³-hybridized carbons (Fsp3) is 0.581. The molecule has 9 nitrogen and oxygen atoms in total. The summed E-state index contributed by atoms with van der Waals surface area (Å²) in [5, 5.41) is 45.0. The lowest BCUT2D eigenvalue weighted by Crippen LogP contribution is -2.65. The normalized spacial score (nSPS) is 26.6. The Kier molecular flexibility index (Phi) is 7.95. The second-order valence-electron chi connectivity index (χ2n) is 12.9. The number of hydrogen-bond acceptors (Lipinski definition) is 8. The lowest BCUT2D eigenvalue weighted by atomic mass is 9.57. The molecule has 3 aliphatic rings. The Morgan fingerprint density at radius 1 is 1.07 bits per heavy atom. The highest BCUT2D eigenvalue weighted by Gasteiger charge is 2.64. The molecule has 40 heavy (non-hydrogen) atoms. The molecule has 1 aromatic carbocycles. The number of phenolic OH excluding ortho intramolecular Hbond substituents is 1. The summed E-state index contributed by atoms with van der Waals surface area (Å²) < 4.78 is 0. The van der Waals surface area contributed by atoms with Gasteiger partial charge in [0.1, 0.15) is 22.8 Å². The van der Waals surface area contributed by atoms with Crippen LogP contribution < -0.4 is 5.73 Å². The van der Waals surface area contributed by atoms with Gasteiger partial charge in [0.15, 0.2) is 11.4 Å². The molecule has 4 rings (SSSR count). The van der Waals surface area contributed by atoms with Crippen LogP contribution in [0.1, 0.15) is 63.6 Å². The van der Waals surface area contributed by atoms with E-state index in [1.165, 1.54) is 11.0 Å². The predicted octanol–water partition coefficient (Wildman–Crippen LogP) is 3.21. The van der Waals surface area contributed by atoms with Gasteiger partial charge < -0.3 is 26.2 Å². The van der Waals surface area contributed by atoms with Crippen LogP contribution in [0.15, 0.2) is 29.0 Å². The lowest BCUT2D eigenvalue weighted by Gasteiger charge is -2.50. The first-order chi connectivity index (χ1) is 18.6. The molecule has 218 valence electrons. The van der Waals surface area contributed by atoms with E-state index in [0.29, 0.717) is 24.2 Å². The van der Waals surface area contributed by atoms with Gasteiger partial charge in [0.05, 0.1) is 11.6 Å². The minimum atomic E-state index is -2.63. The number of Topliss-reactive ketones (excluding diaryl/α,β-unsaturated/α-hetero) is 2. The number of aliphatic hydroxyl groups is 3. The van der Waals surface area contributed by atoms with Crippen molar-refractivity contribution in [2.75, 3.05) is 14.1 Å². The van der Waals surface area contributed by atoms with Gasteiger partial charge in [-0.2, -0.15) is 0 Å². The highest BCUT2D eigenvalue weighted by Crippen LogP contribution is 2.53. The van der Waals surface area contributed by atoms with Crippen LogP contribution >= 0.6 is 0 Å². The monoisotopic (exact) mass is 554 g/mol. The highest BCUT2D eigenvalue weighted by atomic mass is 16.3. The van der Waals surface area contributed by atoms with Gasteiger partial charge in [-0.05, 0) is 87.1 Å². The molecule has 3 aliphatic carbocycles. The van der Waals surface area contributed by atoms with Gasteiger partial charge in [0.2, 0.25) is 5.78 Å². The quantitative estimate of drug-likeness (QED) is 0.306. The molecule has 1 saturated carbocycles. The van der Waals surface area contributed by atoms with Gasteiger partial charge in [0.25, 0.3) is 5.91 Å². The largest absolute Gasteiger partial charge is 0.508 e. The summed E-state index contributed by atoms with van der Waals surface area (Å²) in [4.78, 5) is 40.9. The summed E-state index contributed by atoms with van der Waals surface area (Å²) in [5.41, 5.74) is 3.71. The van der Waals surface area contributed by atoms with Crippen LogP contribution in [-0.4, -0.2) is 68.5 Å². The maximum atomic E-state index is 14.0. The van der Waals surface area contributed by atoms with Crippen molar-refractivity contribution < 1.29 is 34.8 Å². The molecule has 6 N–H and O–H groups in total. The van der Waals surface area contributed by atoms with Crippen molar-refractivity contribution in [2.45, 2.75) is 71.4 Å². The minimum absolute atomic E-state index is 0.0856. The van der Waals surface area contributed by atoms with Gasteiger partial charge >= 0.3 is 0 Å². The van der Waals surface area contributed by atoms with Crippen LogP contribution in [0.2, 0.25) is 0 Å². The summed E-state index contributed by atoms with van der Waals surface area (Å²) in [5.74, 6) is -4.96. The van der Waals surface area contributed by atoms with Crippen LogP contribution in [0.5, 0.6) is 5.75 Å². The van der Waals surface area contributed by atoms with E-state index in [2.05, 4.69) is 27.7 Å². The van der Waals surface area contributed by atoms with Crippen LogP contribution in [0.4, 0.5) is 0 Å². The average molecular weight is 555 g/mol. The number of phenols is 1. The second-order valence-corrected chi connectivity index (χ2v) is 12.9. The first-order valence-electron chi connectivity index (χ1n) is 14.1. The maximum Gasteiger partial charge on any atom is 0.255 e. The Hall–Kier alpha value is -3.17. The first-order valence-corrected chi connectivity index (χ1v) is 14.1. The fourth-order valence-corrected chi connectivity index (χ4v) is 7.41. The summed E-state index contributed by atoms with van der Waals surface area (Å²) in [7, 11) is 3.18. The number of primary amides is 1. The molecule has 0 spiro atoms. The lowest BCUT2D eigenvalue weighted by molar-refractivity contribution is -0.153. The molecule has 0 radical (unpaired) electrons. The van der Waals surface area contributed by atoms with E-state index >= 15 is 0 Å². The van der Waals surface area contributed by atoms with E-state index in [9.17, 15) is 34.8 Å². The number of carbonyl (C=O) groups excluding carboxylic acids is 3. The summed E-state index contributed by atoms with van der Waals surface area (Å²) >= 11 is 0. The van der Waals surface area contributed by atoms with E-state index < -0.39 is 58.0 Å². The molecular formula is C31H42N2O7. The Morgan fingerprint density at radius 2 is 1.68 bits per heavy atom. The van der Waals surface area contributed by atoms with E-state index in [0.717, 1.165) is 30.4 Å². The van der Waals surface area contributed by atoms with Crippen molar-refractivity contribution in [3.8, 4) is 5.75 Å². The van der Waals surface area contributed by atoms with Crippen molar-refractivity contribution in [3.05, 3.63) is 45.7 Å². The molecule has 0 aliphatic heterocycles. The summed E-state index contributed by atoms with van der Waals surface area (Å²) in [6.45, 7) is 8.76. The number of carbonyl (C=O) groups is 3. The molecule has 1 fully saturated rings. The highest BCUT2D eigenvalue weighted by molar-refractivity contribution is 6.24. The summed E-state index contributed by atoms with van der Waals surface area (Å²) in [6.07, 6.45) is 3.20. The van der Waals surface area contributed by atoms with E-state index in [1.807, 2.05) is 6.07 Å². The van der Waals surface area contributed by atoms with Crippen LogP contribution in [0.25, 0.3) is 5.76 Å². The van der Waals surface area contributed by atoms with Crippen LogP contribution in [0.3, 0.4) is 0 Å². The number of fused-ring (bicyclic) bond motifs is 3. The molecule has 0 aromatic heterocycles. The average Bonchev–Trinajstić information content (AvgIpc) is 2.81. The van der Waals surface area contributed by atoms with E-state index in [-0.39, 0.29) is 23.3 Å². The smallest absolute Gasteiger partial charge is 0.255 e. The predicted molar refractivity (Wildman–Crippen MR) is 150 cm³/mol. The SMILES string of the molecule is CC(C)CC(Cc1ccc(O)c2c1C[C@@H]1C[C@@H]3C(N(C)C)C(=O)C(C(N)=O)=C(O)[C@]3(O)C(=O)C1=C2O)CC(C)C. The van der Waals surface area contributed by atoms with E-state index in [1.54, 1.807) is 14.1 Å². The van der Waals surface area contributed by atoms with Gasteiger partial charge in [-0.1, -0.05) is 33.8 Å². The molecule has 1 aromatic rings. The number of aliphatic hydroxyl groups excluding tert-OH is 2.